The maximum absolute atomic E-state index is 13.8. The molecular formula is C24H37O3P. The molecule has 2 bridgehead atoms. The van der Waals surface area contributed by atoms with Gasteiger partial charge in [-0.25, -0.2) is 0 Å². The van der Waals surface area contributed by atoms with Gasteiger partial charge in [-0.05, 0) is 76.3 Å². The van der Waals surface area contributed by atoms with Crippen LogP contribution < -0.4 is 9.47 Å². The molecule has 156 valence electrons. The van der Waals surface area contributed by atoms with Gasteiger partial charge >= 0.3 is 0 Å². The standard InChI is InChI=1S/C24H37O3P/c1-4-6-14-26-19-16-18(3)23(22(17-19)27-15-7-5-2)24(25)28-20-10-8-9-11-21(28)13-12-20/h16-17,20-21H,4-15H2,1-3H3. The number of benzene rings is 1. The Bertz CT molecular complexity index is 643. The van der Waals surface area contributed by atoms with Crippen LogP contribution in [0.25, 0.3) is 0 Å². The fraction of sp³-hybridized carbons (Fsp3) is 0.708. The summed E-state index contributed by atoms with van der Waals surface area (Å²) in [6.45, 7) is 7.77. The normalized spacial score (nSPS) is 24.0. The molecule has 2 aliphatic heterocycles. The number of ether oxygens (including phenoxy) is 2. The van der Waals surface area contributed by atoms with Crippen molar-refractivity contribution in [1.82, 2.24) is 0 Å². The highest BCUT2D eigenvalue weighted by molar-refractivity contribution is 7.77. The summed E-state index contributed by atoms with van der Waals surface area (Å²) >= 11 is 0. The fourth-order valence-electron chi connectivity index (χ4n) is 4.60. The Morgan fingerprint density at radius 2 is 1.57 bits per heavy atom. The van der Waals surface area contributed by atoms with Gasteiger partial charge in [-0.15, -0.1) is 0 Å². The zero-order valence-electron chi connectivity index (χ0n) is 18.0. The molecule has 0 N–H and O–H groups in total. The first-order valence-electron chi connectivity index (χ1n) is 11.4. The quantitative estimate of drug-likeness (QED) is 0.309. The van der Waals surface area contributed by atoms with Crippen LogP contribution >= 0.6 is 7.92 Å². The highest BCUT2D eigenvalue weighted by Crippen LogP contribution is 2.62. The molecule has 3 nitrogen and oxygen atoms in total. The SMILES string of the molecule is CCCCOc1cc(C)c(C(=O)P2C3CCCCC2CC3)c(OCCCC)c1. The van der Waals surface area contributed by atoms with Gasteiger partial charge in [-0.1, -0.05) is 39.5 Å². The highest BCUT2D eigenvalue weighted by atomic mass is 31.1. The number of carbonyl (C=O) groups is 1. The molecule has 4 heteroatoms. The number of carbonyl (C=O) groups excluding carboxylic acids is 1. The Morgan fingerprint density at radius 1 is 0.964 bits per heavy atom. The lowest BCUT2D eigenvalue weighted by molar-refractivity contribution is 0.107. The van der Waals surface area contributed by atoms with Crippen LogP contribution in [-0.4, -0.2) is 30.1 Å². The zero-order chi connectivity index (χ0) is 19.9. The van der Waals surface area contributed by atoms with Gasteiger partial charge in [0.2, 0.25) is 0 Å². The summed E-state index contributed by atoms with van der Waals surface area (Å²) < 4.78 is 12.1. The smallest absolute Gasteiger partial charge is 0.188 e. The minimum atomic E-state index is -0.581. The summed E-state index contributed by atoms with van der Waals surface area (Å²) in [7, 11) is -0.581. The van der Waals surface area contributed by atoms with E-state index in [1.165, 1.54) is 38.5 Å². The van der Waals surface area contributed by atoms with E-state index in [1.54, 1.807) is 0 Å². The molecule has 2 unspecified atom stereocenters. The van der Waals surface area contributed by atoms with E-state index in [1.807, 2.05) is 12.1 Å². The van der Waals surface area contributed by atoms with Crippen LogP contribution in [0.2, 0.25) is 0 Å². The highest BCUT2D eigenvalue weighted by Gasteiger charge is 2.42. The van der Waals surface area contributed by atoms with Gasteiger partial charge < -0.3 is 9.47 Å². The Kier molecular flexibility index (Phi) is 8.21. The van der Waals surface area contributed by atoms with E-state index in [2.05, 4.69) is 20.8 Å². The molecular weight excluding hydrogens is 367 g/mol. The second kappa shape index (κ2) is 10.6. The number of fused-ring (bicyclic) bond motifs is 2. The number of unbranched alkanes of at least 4 members (excludes halogenated alkanes) is 2. The molecule has 1 aromatic carbocycles. The minimum Gasteiger partial charge on any atom is -0.493 e. The molecule has 2 saturated heterocycles. The number of hydrogen-bond donors (Lipinski definition) is 0. The van der Waals surface area contributed by atoms with Crippen molar-refractivity contribution in [3.8, 4) is 11.5 Å². The summed E-state index contributed by atoms with van der Waals surface area (Å²) in [4.78, 5) is 13.8. The third kappa shape index (κ3) is 5.09. The predicted molar refractivity (Wildman–Crippen MR) is 119 cm³/mol. The third-order valence-electron chi connectivity index (χ3n) is 6.19. The Labute approximate surface area is 172 Å². The van der Waals surface area contributed by atoms with Crippen LogP contribution in [0.3, 0.4) is 0 Å². The molecule has 0 aromatic heterocycles. The molecule has 0 aliphatic carbocycles. The molecule has 0 radical (unpaired) electrons. The van der Waals surface area contributed by atoms with Gasteiger partial charge in [0.25, 0.3) is 0 Å². The van der Waals surface area contributed by atoms with E-state index in [9.17, 15) is 4.79 Å². The first-order chi connectivity index (χ1) is 13.7. The van der Waals surface area contributed by atoms with Crippen molar-refractivity contribution < 1.29 is 14.3 Å². The van der Waals surface area contributed by atoms with E-state index in [0.29, 0.717) is 30.1 Å². The zero-order valence-corrected chi connectivity index (χ0v) is 18.9. The van der Waals surface area contributed by atoms with Crippen molar-refractivity contribution in [3.63, 3.8) is 0 Å². The molecule has 1 aromatic rings. The second-order valence-corrected chi connectivity index (χ2v) is 11.1. The van der Waals surface area contributed by atoms with E-state index < -0.39 is 7.92 Å². The van der Waals surface area contributed by atoms with Gasteiger partial charge in [0.15, 0.2) is 5.52 Å². The van der Waals surface area contributed by atoms with Crippen LogP contribution in [0.15, 0.2) is 12.1 Å². The molecule has 2 atom stereocenters. The summed E-state index contributed by atoms with van der Waals surface area (Å²) in [5, 5.41) is 0. The van der Waals surface area contributed by atoms with E-state index in [-0.39, 0.29) is 0 Å². The summed E-state index contributed by atoms with van der Waals surface area (Å²) in [6.07, 6.45) is 11.9. The fourth-order valence-corrected chi connectivity index (χ4v) is 8.18. The van der Waals surface area contributed by atoms with Crippen LogP contribution in [-0.2, 0) is 0 Å². The Morgan fingerprint density at radius 3 is 2.18 bits per heavy atom. The lowest BCUT2D eigenvalue weighted by Gasteiger charge is -2.24. The van der Waals surface area contributed by atoms with Crippen molar-refractivity contribution in [2.24, 2.45) is 0 Å². The van der Waals surface area contributed by atoms with Crippen LogP contribution in [0.5, 0.6) is 11.5 Å². The van der Waals surface area contributed by atoms with Crippen LogP contribution in [0, 0.1) is 6.92 Å². The Balaban J connectivity index is 1.87. The molecule has 2 fully saturated rings. The van der Waals surface area contributed by atoms with E-state index >= 15 is 0 Å². The van der Waals surface area contributed by atoms with E-state index in [4.69, 9.17) is 9.47 Å². The van der Waals surface area contributed by atoms with Crippen LogP contribution in [0.4, 0.5) is 0 Å². The lowest BCUT2D eigenvalue weighted by atomic mass is 10.0. The van der Waals surface area contributed by atoms with Crippen molar-refractivity contribution in [2.75, 3.05) is 13.2 Å². The average Bonchev–Trinajstić information content (AvgIpc) is 2.94. The summed E-state index contributed by atoms with van der Waals surface area (Å²) in [6, 6.07) is 4.02. The van der Waals surface area contributed by atoms with Gasteiger partial charge in [-0.2, -0.15) is 0 Å². The molecule has 2 aliphatic rings. The van der Waals surface area contributed by atoms with Crippen molar-refractivity contribution in [2.45, 2.75) is 96.3 Å². The second-order valence-electron chi connectivity index (χ2n) is 8.40. The van der Waals surface area contributed by atoms with Gasteiger partial charge in [0.1, 0.15) is 11.5 Å². The van der Waals surface area contributed by atoms with Gasteiger partial charge in [-0.3, -0.25) is 4.79 Å². The average molecular weight is 405 g/mol. The van der Waals surface area contributed by atoms with Gasteiger partial charge in [0.05, 0.1) is 18.8 Å². The number of hydrogen-bond acceptors (Lipinski definition) is 3. The third-order valence-corrected chi connectivity index (χ3v) is 9.49. The number of rotatable bonds is 10. The largest absolute Gasteiger partial charge is 0.493 e. The van der Waals surface area contributed by atoms with Crippen molar-refractivity contribution in [3.05, 3.63) is 23.3 Å². The molecule has 0 saturated carbocycles. The maximum atomic E-state index is 13.8. The van der Waals surface area contributed by atoms with Crippen molar-refractivity contribution in [1.29, 1.82) is 0 Å². The molecule has 28 heavy (non-hydrogen) atoms. The Hall–Kier alpha value is -1.08. The minimum absolute atomic E-state index is 0.397. The molecule has 2 heterocycles. The maximum Gasteiger partial charge on any atom is 0.188 e. The lowest BCUT2D eigenvalue weighted by Crippen LogP contribution is -2.13. The molecule has 3 rings (SSSR count). The van der Waals surface area contributed by atoms with Crippen LogP contribution in [0.1, 0.15) is 94.0 Å². The first kappa shape index (κ1) is 21.6. The summed E-state index contributed by atoms with van der Waals surface area (Å²) in [5.41, 5.74) is 3.55. The monoisotopic (exact) mass is 404 g/mol. The number of aryl methyl sites for hydroxylation is 1. The molecule has 0 spiro atoms. The first-order valence-corrected chi connectivity index (χ1v) is 12.9. The van der Waals surface area contributed by atoms with E-state index in [0.717, 1.165) is 48.3 Å². The molecule has 0 amide bonds. The topological polar surface area (TPSA) is 35.5 Å². The summed E-state index contributed by atoms with van der Waals surface area (Å²) in [5.74, 6) is 1.60. The van der Waals surface area contributed by atoms with Gasteiger partial charge in [0, 0.05) is 6.07 Å². The van der Waals surface area contributed by atoms with Crippen molar-refractivity contribution >= 4 is 13.4 Å². The predicted octanol–water partition coefficient (Wildman–Crippen LogP) is 7.08.